The zero-order chi connectivity index (χ0) is 16.2. The minimum Gasteiger partial charge on any atom is -0.718 e. The van der Waals surface area contributed by atoms with Crippen LogP contribution >= 0.6 is 23.2 Å². The minimum atomic E-state index is 0. The Balaban J connectivity index is 0.000000403. The quantitative estimate of drug-likeness (QED) is 0.266. The van der Waals surface area contributed by atoms with Crippen LogP contribution in [0.4, 0.5) is 0 Å². The number of carbonyl (C=O) groups is 2. The third-order valence-corrected chi connectivity index (χ3v) is 3.58. The number of halogens is 2. The van der Waals surface area contributed by atoms with Crippen molar-refractivity contribution in [3.63, 3.8) is 0 Å². The summed E-state index contributed by atoms with van der Waals surface area (Å²) in [5.74, 6) is 1.50. The van der Waals surface area contributed by atoms with Crippen molar-refractivity contribution in [2.45, 2.75) is 25.7 Å². The molecular formula is C18H20Cl2FeO2-6. The predicted molar refractivity (Wildman–Crippen MR) is 92.6 cm³/mol. The summed E-state index contributed by atoms with van der Waals surface area (Å²) in [5, 5.41) is 0. The summed E-state index contributed by atoms with van der Waals surface area (Å²) in [4.78, 5) is 22.4. The Morgan fingerprint density at radius 1 is 0.870 bits per heavy atom. The second-order valence-electron chi connectivity index (χ2n) is 4.78. The molecule has 0 radical (unpaired) electrons. The van der Waals surface area contributed by atoms with Gasteiger partial charge in [-0.1, -0.05) is 12.0 Å². The number of hydrogen-bond donors (Lipinski definition) is 0. The van der Waals surface area contributed by atoms with E-state index in [0.29, 0.717) is 24.6 Å². The van der Waals surface area contributed by atoms with Gasteiger partial charge in [0.2, 0.25) is 0 Å². The Morgan fingerprint density at radius 3 is 1.83 bits per heavy atom. The molecule has 0 fully saturated rings. The smallest absolute Gasteiger partial charge is 0.108 e. The molecule has 2 nitrogen and oxygen atoms in total. The molecule has 0 aliphatic carbocycles. The summed E-state index contributed by atoms with van der Waals surface area (Å²) in [5.41, 5.74) is 1.60. The van der Waals surface area contributed by atoms with Crippen LogP contribution in [0.3, 0.4) is 0 Å². The van der Waals surface area contributed by atoms with Crippen molar-refractivity contribution >= 4 is 34.8 Å². The molecule has 132 valence electrons. The van der Waals surface area contributed by atoms with Crippen molar-refractivity contribution in [1.82, 2.24) is 0 Å². The molecule has 0 aromatic heterocycles. The molecule has 0 unspecified atom stereocenters. The molecule has 0 bridgehead atoms. The van der Waals surface area contributed by atoms with Crippen LogP contribution in [-0.4, -0.2) is 23.3 Å². The van der Waals surface area contributed by atoms with E-state index >= 15 is 0 Å². The third-order valence-electron chi connectivity index (χ3n) is 3.04. The fraction of sp³-hybridized carbons (Fsp3) is 0.333. The largest absolute Gasteiger partial charge is 0.718 e. The van der Waals surface area contributed by atoms with E-state index in [1.54, 1.807) is 0 Å². The van der Waals surface area contributed by atoms with Gasteiger partial charge in [0.25, 0.3) is 0 Å². The van der Waals surface area contributed by atoms with Crippen molar-refractivity contribution in [2.24, 2.45) is 0 Å². The molecular weight excluding hydrogens is 375 g/mol. The van der Waals surface area contributed by atoms with Gasteiger partial charge in [0, 0.05) is 28.8 Å². The predicted octanol–water partition coefficient (Wildman–Crippen LogP) is 5.21. The van der Waals surface area contributed by atoms with Crippen molar-refractivity contribution in [1.29, 1.82) is 0 Å². The first-order valence-corrected chi connectivity index (χ1v) is 8.37. The van der Waals surface area contributed by atoms with E-state index in [-0.39, 0.29) is 28.6 Å². The summed E-state index contributed by atoms with van der Waals surface area (Å²) in [7, 11) is 0. The molecule has 0 amide bonds. The summed E-state index contributed by atoms with van der Waals surface area (Å²) < 4.78 is 0. The van der Waals surface area contributed by atoms with Gasteiger partial charge < -0.3 is 39.4 Å². The first-order chi connectivity index (χ1) is 10.7. The van der Waals surface area contributed by atoms with Gasteiger partial charge in [0.15, 0.2) is 0 Å². The summed E-state index contributed by atoms with van der Waals surface area (Å²) >= 11 is 10.9. The molecule has 0 saturated carbocycles. The maximum absolute atomic E-state index is 11.2. The van der Waals surface area contributed by atoms with Gasteiger partial charge >= 0.3 is 0 Å². The van der Waals surface area contributed by atoms with E-state index in [4.69, 9.17) is 23.2 Å². The number of hydrogen-bond acceptors (Lipinski definition) is 2. The average molecular weight is 395 g/mol. The van der Waals surface area contributed by atoms with E-state index < -0.39 is 0 Å². The fourth-order valence-electron chi connectivity index (χ4n) is 1.86. The van der Waals surface area contributed by atoms with Crippen molar-refractivity contribution in [3.05, 3.63) is 59.7 Å². The van der Waals surface area contributed by atoms with Crippen molar-refractivity contribution in [2.75, 3.05) is 11.8 Å². The molecule has 0 aliphatic heterocycles. The molecule has 5 heteroatoms. The van der Waals surface area contributed by atoms with Gasteiger partial charge in [-0.15, -0.1) is 29.6 Å². The number of carbonyl (C=O) groups excluding carboxylic acids is 2. The summed E-state index contributed by atoms with van der Waals surface area (Å²) in [6.45, 7) is 0. The van der Waals surface area contributed by atoms with Gasteiger partial charge in [-0.3, -0.25) is 5.78 Å². The Kier molecular flexibility index (Phi) is 13.1. The molecule has 0 aliphatic rings. The number of rotatable bonds is 8. The molecule has 23 heavy (non-hydrogen) atoms. The second-order valence-corrected chi connectivity index (χ2v) is 5.53. The molecule has 0 saturated heterocycles. The topological polar surface area (TPSA) is 34.1 Å². The van der Waals surface area contributed by atoms with Crippen molar-refractivity contribution in [3.8, 4) is 0 Å². The number of Topliss-reactive ketones (excluding diaryl/α,β-unsaturated/α-hetero) is 2. The minimum absolute atomic E-state index is 0. The first kappa shape index (κ1) is 22.1. The van der Waals surface area contributed by atoms with Crippen LogP contribution in [0.25, 0.3) is 0 Å². The van der Waals surface area contributed by atoms with Crippen LogP contribution in [0, 0.1) is 0 Å². The van der Waals surface area contributed by atoms with Crippen LogP contribution in [0.1, 0.15) is 46.4 Å². The Morgan fingerprint density at radius 2 is 1.35 bits per heavy atom. The zero-order valence-electron chi connectivity index (χ0n) is 12.8. The van der Waals surface area contributed by atoms with Gasteiger partial charge in [0.1, 0.15) is 5.78 Å². The Bertz CT molecular complexity index is 483. The molecule has 0 spiro atoms. The second kappa shape index (κ2) is 13.6. The van der Waals surface area contributed by atoms with Crippen LogP contribution in [0.5, 0.6) is 0 Å². The Hall–Kier alpha value is -0.861. The van der Waals surface area contributed by atoms with Gasteiger partial charge in [-0.25, -0.2) is 12.1 Å². The van der Waals surface area contributed by atoms with Crippen LogP contribution in [0.2, 0.25) is 0 Å². The molecule has 0 atom stereocenters. The molecule has 0 heterocycles. The van der Waals surface area contributed by atoms with Crippen LogP contribution in [0.15, 0.2) is 48.5 Å². The fourth-order valence-corrected chi connectivity index (χ4v) is 2.13. The van der Waals surface area contributed by atoms with E-state index in [9.17, 15) is 9.59 Å². The molecule has 0 N–H and O–H groups in total. The van der Waals surface area contributed by atoms with Gasteiger partial charge in [-0.05, 0) is 12.8 Å². The molecule has 2 rings (SSSR count). The third kappa shape index (κ3) is 9.12. The average Bonchev–Trinajstić information content (AvgIpc) is 3.23. The number of ketones is 2. The van der Waals surface area contributed by atoms with E-state index in [1.807, 2.05) is 48.5 Å². The monoisotopic (exact) mass is 394 g/mol. The van der Waals surface area contributed by atoms with Crippen molar-refractivity contribution < 1.29 is 26.7 Å². The van der Waals surface area contributed by atoms with Gasteiger partial charge in [0.05, 0.1) is 0 Å². The van der Waals surface area contributed by atoms with E-state index in [0.717, 1.165) is 24.0 Å². The van der Waals surface area contributed by atoms with Crippen LogP contribution in [-0.2, 0) is 17.1 Å². The molecule has 2 aromatic rings. The van der Waals surface area contributed by atoms with E-state index in [1.165, 1.54) is 0 Å². The standard InChI is InChI=1S/2C9H10ClO.Fe/c2*10-7-3-6-9(11)8-4-1-2-5-8;/h2*1-2,4-5H,3,6-7H2;/q-5;-1;. The number of alkyl halides is 2. The van der Waals surface area contributed by atoms with Crippen LogP contribution < -0.4 is 0 Å². The normalized spacial score (nSPS) is 9.48. The van der Waals surface area contributed by atoms with Gasteiger partial charge in [-0.2, -0.15) is 12.1 Å². The first-order valence-electron chi connectivity index (χ1n) is 7.30. The Labute approximate surface area is 158 Å². The zero-order valence-corrected chi connectivity index (χ0v) is 15.4. The maximum atomic E-state index is 11.2. The summed E-state index contributed by atoms with van der Waals surface area (Å²) in [6, 6.07) is 14.8. The van der Waals surface area contributed by atoms with E-state index in [2.05, 4.69) is 0 Å². The summed E-state index contributed by atoms with van der Waals surface area (Å²) in [6.07, 6.45) is 2.66. The maximum Gasteiger partial charge on any atom is 0.108 e. The SMILES string of the molecule is O=C(CCCCl)[c-]1[cH-][cH-][cH-][cH-]1.O=C(CCCCl)[c-]1cccc1.[Fe]. The molecule has 2 aromatic carbocycles.